The first-order chi connectivity index (χ1) is 18.6. The second-order valence-electron chi connectivity index (χ2n) is 12.1. The number of benzene rings is 3. The van der Waals surface area contributed by atoms with Crippen LogP contribution in [0.3, 0.4) is 0 Å². The van der Waals surface area contributed by atoms with Gasteiger partial charge in [-0.3, -0.25) is 14.6 Å². The fraction of sp³-hybridized carbons (Fsp3) is 0.333. The number of carbonyl (C=O) groups excluding carboxylic acids is 2. The number of ether oxygens (including phenoxy) is 1. The Hall–Kier alpha value is -3.64. The Labute approximate surface area is 233 Å². The number of carbonyl (C=O) groups is 2. The van der Waals surface area contributed by atoms with Gasteiger partial charge in [0.15, 0.2) is 0 Å². The van der Waals surface area contributed by atoms with Gasteiger partial charge in [-0.1, -0.05) is 105 Å². The zero-order valence-corrected chi connectivity index (χ0v) is 24.4. The summed E-state index contributed by atoms with van der Waals surface area (Å²) >= 11 is 0. The second-order valence-corrected chi connectivity index (χ2v) is 17.6. The van der Waals surface area contributed by atoms with Crippen LogP contribution in [0.1, 0.15) is 34.8 Å². The van der Waals surface area contributed by atoms with Crippen LogP contribution in [0, 0.1) is 5.92 Å². The highest BCUT2D eigenvalue weighted by atomic mass is 28.3. The van der Waals surface area contributed by atoms with E-state index in [0.29, 0.717) is 12.1 Å². The molecule has 2 aliphatic heterocycles. The van der Waals surface area contributed by atoms with Crippen molar-refractivity contribution in [3.63, 3.8) is 0 Å². The van der Waals surface area contributed by atoms with E-state index < -0.39 is 25.7 Å². The molecule has 0 aromatic heterocycles. The molecule has 0 spiro atoms. The predicted molar refractivity (Wildman–Crippen MR) is 160 cm³/mol. The van der Waals surface area contributed by atoms with Crippen molar-refractivity contribution in [3.05, 3.63) is 114 Å². The van der Waals surface area contributed by atoms with Gasteiger partial charge in [-0.25, -0.2) is 4.79 Å². The van der Waals surface area contributed by atoms with Crippen LogP contribution < -0.4 is 4.90 Å². The van der Waals surface area contributed by atoms with Crippen molar-refractivity contribution < 1.29 is 14.3 Å². The number of amides is 2. The molecule has 0 saturated carbocycles. The molecular weight excluding hydrogens is 500 g/mol. The van der Waals surface area contributed by atoms with E-state index in [-0.39, 0.29) is 18.4 Å². The molecule has 3 aromatic rings. The van der Waals surface area contributed by atoms with Crippen LogP contribution in [0.5, 0.6) is 0 Å². The van der Waals surface area contributed by atoms with Gasteiger partial charge in [0, 0.05) is 25.6 Å². The van der Waals surface area contributed by atoms with Gasteiger partial charge in [-0.05, 0) is 48.6 Å². The number of nitrogens with zero attached hydrogens (tertiary/aromatic N) is 2. The van der Waals surface area contributed by atoms with Crippen molar-refractivity contribution in [2.24, 2.45) is 5.92 Å². The summed E-state index contributed by atoms with van der Waals surface area (Å²) in [5.41, 5.74) is 4.18. The molecule has 1 unspecified atom stereocenters. The molecule has 0 aliphatic carbocycles. The lowest BCUT2D eigenvalue weighted by Gasteiger charge is -2.43. The molecule has 2 heterocycles. The smallest absolute Gasteiger partial charge is 0.411 e. The summed E-state index contributed by atoms with van der Waals surface area (Å²) in [4.78, 5) is 31.7. The quantitative estimate of drug-likeness (QED) is 0.231. The summed E-state index contributed by atoms with van der Waals surface area (Å²) in [6.45, 7) is 14.4. The van der Waals surface area contributed by atoms with E-state index in [9.17, 15) is 9.59 Å². The van der Waals surface area contributed by atoms with Crippen LogP contribution in [-0.4, -0.2) is 37.7 Å². The molecule has 5 nitrogen and oxygen atoms in total. The van der Waals surface area contributed by atoms with E-state index in [1.54, 1.807) is 4.90 Å². The molecular formula is C33H38N2O3Si. The average Bonchev–Trinajstić information content (AvgIpc) is 3.44. The van der Waals surface area contributed by atoms with Gasteiger partial charge in [0.25, 0.3) is 5.91 Å². The first-order valence-corrected chi connectivity index (χ1v) is 17.4. The summed E-state index contributed by atoms with van der Waals surface area (Å²) in [6, 6.07) is 28.3. The number of fused-ring (bicyclic) bond motifs is 3. The van der Waals surface area contributed by atoms with E-state index in [2.05, 4.69) is 45.3 Å². The lowest BCUT2D eigenvalue weighted by molar-refractivity contribution is 0.0771. The number of hydrogen-bond acceptors (Lipinski definition) is 3. The Balaban J connectivity index is 1.62. The Morgan fingerprint density at radius 1 is 0.974 bits per heavy atom. The zero-order chi connectivity index (χ0) is 27.8. The van der Waals surface area contributed by atoms with Crippen LogP contribution in [0.25, 0.3) is 0 Å². The monoisotopic (exact) mass is 538 g/mol. The van der Waals surface area contributed by atoms with Crippen LogP contribution in [0.15, 0.2) is 97.1 Å². The van der Waals surface area contributed by atoms with Crippen molar-refractivity contribution in [2.45, 2.75) is 57.2 Å². The zero-order valence-electron chi connectivity index (χ0n) is 23.4. The van der Waals surface area contributed by atoms with Crippen LogP contribution >= 0.6 is 0 Å². The number of allylic oxidation sites excluding steroid dienone is 1. The predicted octanol–water partition coefficient (Wildman–Crippen LogP) is 7.48. The van der Waals surface area contributed by atoms with Crippen molar-refractivity contribution >= 4 is 25.8 Å². The molecule has 0 radical (unpaired) electrons. The topological polar surface area (TPSA) is 49.9 Å². The minimum atomic E-state index is -1.56. The molecule has 39 heavy (non-hydrogen) atoms. The average molecular weight is 539 g/mol. The van der Waals surface area contributed by atoms with Gasteiger partial charge in [-0.2, -0.15) is 0 Å². The third-order valence-corrected chi connectivity index (χ3v) is 9.78. The van der Waals surface area contributed by atoms with Gasteiger partial charge < -0.3 is 4.74 Å². The van der Waals surface area contributed by atoms with E-state index >= 15 is 0 Å². The fourth-order valence-corrected chi connectivity index (χ4v) is 8.51. The number of likely N-dealkylation sites (tertiary alicyclic amines) is 1. The summed E-state index contributed by atoms with van der Waals surface area (Å²) < 4.78 is 5.87. The van der Waals surface area contributed by atoms with Gasteiger partial charge in [0.05, 0.1) is 5.69 Å². The van der Waals surface area contributed by atoms with Gasteiger partial charge in [-0.15, -0.1) is 0 Å². The highest BCUT2D eigenvalue weighted by Crippen LogP contribution is 2.59. The molecule has 0 bridgehead atoms. The van der Waals surface area contributed by atoms with Gasteiger partial charge >= 0.3 is 6.09 Å². The maximum Gasteiger partial charge on any atom is 0.411 e. The number of hydrogen-bond donors (Lipinski definition) is 0. The summed E-state index contributed by atoms with van der Waals surface area (Å²) in [5, 5.41) is 0. The Morgan fingerprint density at radius 2 is 1.59 bits per heavy atom. The summed E-state index contributed by atoms with van der Waals surface area (Å²) in [7, 11) is -1.56. The third-order valence-electron chi connectivity index (χ3n) is 8.14. The first kappa shape index (κ1) is 26.9. The van der Waals surface area contributed by atoms with Crippen LogP contribution in [0.2, 0.25) is 25.7 Å². The van der Waals surface area contributed by atoms with Crippen LogP contribution in [0.4, 0.5) is 10.5 Å². The molecule has 1 saturated heterocycles. The molecule has 2 amide bonds. The minimum Gasteiger partial charge on any atom is -0.444 e. The molecule has 3 aromatic carbocycles. The van der Waals surface area contributed by atoms with Crippen molar-refractivity contribution in [1.29, 1.82) is 0 Å². The maximum absolute atomic E-state index is 14.3. The normalized spacial score (nSPS) is 20.8. The highest BCUT2D eigenvalue weighted by Gasteiger charge is 2.63. The van der Waals surface area contributed by atoms with E-state index in [4.69, 9.17) is 4.74 Å². The number of rotatable bonds is 7. The SMILES string of the molecule is C=C(C)C(C[Si](C)(C)C)[C@@]12CCN(C(=O)OCc3ccccc3)[C@@H]1N(C(=O)c1ccccc1)c1ccccc12. The molecule has 202 valence electrons. The standard InChI is InChI=1S/C33H38N2O3Si/c1-24(2)28(23-39(3,4)5)33-20-21-34(32(37)38-22-25-14-8-6-9-15-25)31(33)35(29-19-13-12-18-27(29)33)30(36)26-16-10-7-11-17-26/h6-19,28,31H,1,20-23H2,2-5H3/t28?,31-,33+/m1/s1. The Bertz CT molecular complexity index is 1370. The molecule has 1 fully saturated rings. The highest BCUT2D eigenvalue weighted by molar-refractivity contribution is 6.76. The first-order valence-electron chi connectivity index (χ1n) is 13.7. The number of anilines is 1. The Kier molecular flexibility index (Phi) is 7.25. The lowest BCUT2D eigenvalue weighted by atomic mass is 9.67. The summed E-state index contributed by atoms with van der Waals surface area (Å²) in [6.07, 6.45) is -0.142. The lowest BCUT2D eigenvalue weighted by Crippen LogP contribution is -2.56. The van der Waals surface area contributed by atoms with E-state index in [0.717, 1.165) is 34.9 Å². The number of para-hydroxylation sites is 1. The maximum atomic E-state index is 14.3. The molecule has 2 aliphatic rings. The van der Waals surface area contributed by atoms with E-state index in [1.165, 1.54) is 0 Å². The van der Waals surface area contributed by atoms with Gasteiger partial charge in [0.2, 0.25) is 0 Å². The van der Waals surface area contributed by atoms with Gasteiger partial charge in [0.1, 0.15) is 12.8 Å². The largest absolute Gasteiger partial charge is 0.444 e. The second kappa shape index (κ2) is 10.5. The molecule has 5 rings (SSSR count). The van der Waals surface area contributed by atoms with Crippen molar-refractivity contribution in [1.82, 2.24) is 4.90 Å². The fourth-order valence-electron chi connectivity index (χ4n) is 6.57. The van der Waals surface area contributed by atoms with E-state index in [1.807, 2.05) is 77.7 Å². The van der Waals surface area contributed by atoms with Crippen LogP contribution in [-0.2, 0) is 16.8 Å². The summed E-state index contributed by atoms with van der Waals surface area (Å²) in [5.74, 6) is 0.0157. The molecule has 6 heteroatoms. The minimum absolute atomic E-state index is 0.105. The third kappa shape index (κ3) is 4.94. The van der Waals surface area contributed by atoms with Crippen molar-refractivity contribution in [3.8, 4) is 0 Å². The molecule has 0 N–H and O–H groups in total. The van der Waals surface area contributed by atoms with Crippen molar-refractivity contribution in [2.75, 3.05) is 11.4 Å². The Morgan fingerprint density at radius 3 is 2.23 bits per heavy atom. The molecule has 3 atom stereocenters.